The van der Waals surface area contributed by atoms with Crippen molar-refractivity contribution in [3.8, 4) is 5.75 Å². The molecule has 0 spiro atoms. The molecule has 5 fully saturated rings. The fourth-order valence-corrected chi connectivity index (χ4v) is 7.33. The zero-order valence-corrected chi connectivity index (χ0v) is 20.3. The van der Waals surface area contributed by atoms with Gasteiger partial charge in [-0.05, 0) is 62.3 Å². The summed E-state index contributed by atoms with van der Waals surface area (Å²) in [5, 5.41) is 0. The zero-order chi connectivity index (χ0) is 23.9. The smallest absolute Gasteiger partial charge is 0.241 e. The number of hydrogen-bond donors (Lipinski definition) is 0. The highest BCUT2D eigenvalue weighted by molar-refractivity contribution is 6.11. The summed E-state index contributed by atoms with van der Waals surface area (Å²) < 4.78 is 10.7. The molecule has 6 rings (SSSR count). The number of para-hydroxylation sites is 1. The molecule has 2 saturated carbocycles. The predicted molar refractivity (Wildman–Crippen MR) is 126 cm³/mol. The summed E-state index contributed by atoms with van der Waals surface area (Å²) in [6.07, 6.45) is 6.49. The van der Waals surface area contributed by atoms with E-state index in [0.29, 0.717) is 36.8 Å². The predicted octanol–water partition coefficient (Wildman–Crippen LogP) is 3.16. The number of fused-ring (bicyclic) bond motifs is 1. The molecule has 5 aliphatic rings. The molecule has 3 heterocycles. The van der Waals surface area contributed by atoms with Crippen LogP contribution >= 0.6 is 0 Å². The van der Waals surface area contributed by atoms with Crippen LogP contribution in [0.3, 0.4) is 0 Å². The van der Waals surface area contributed by atoms with Crippen LogP contribution in [0.1, 0.15) is 56.9 Å². The van der Waals surface area contributed by atoms with E-state index in [0.717, 1.165) is 31.2 Å². The Balaban J connectivity index is 1.47. The van der Waals surface area contributed by atoms with E-state index < -0.39 is 5.41 Å². The van der Waals surface area contributed by atoms with Gasteiger partial charge in [-0.3, -0.25) is 19.3 Å². The lowest BCUT2D eigenvalue weighted by Gasteiger charge is -2.39. The first-order valence-electron chi connectivity index (χ1n) is 12.7. The van der Waals surface area contributed by atoms with E-state index in [9.17, 15) is 14.4 Å². The number of likely N-dealkylation sites (tertiary alicyclic amines) is 1. The van der Waals surface area contributed by atoms with Gasteiger partial charge in [-0.2, -0.15) is 0 Å². The van der Waals surface area contributed by atoms with Crippen molar-refractivity contribution in [1.82, 2.24) is 9.80 Å². The molecule has 7 nitrogen and oxygen atoms in total. The molecule has 1 aromatic rings. The van der Waals surface area contributed by atoms with E-state index in [2.05, 4.69) is 4.90 Å². The molecule has 3 aliphatic heterocycles. The van der Waals surface area contributed by atoms with Crippen molar-refractivity contribution >= 4 is 17.7 Å². The normalized spacial score (nSPS) is 32.4. The van der Waals surface area contributed by atoms with Gasteiger partial charge in [0.15, 0.2) is 0 Å². The fourth-order valence-electron chi connectivity index (χ4n) is 7.33. The highest BCUT2D eigenvalue weighted by Crippen LogP contribution is 2.49. The molecule has 7 heteroatoms. The molecule has 184 valence electrons. The first-order chi connectivity index (χ1) is 16.4. The lowest BCUT2D eigenvalue weighted by Crippen LogP contribution is -2.47. The monoisotopic (exact) mass is 468 g/mol. The van der Waals surface area contributed by atoms with Crippen molar-refractivity contribution in [2.24, 2.45) is 17.8 Å². The highest BCUT2D eigenvalue weighted by Gasteiger charge is 2.56. The molecule has 3 amide bonds. The van der Waals surface area contributed by atoms with Crippen LogP contribution in [0.4, 0.5) is 0 Å². The Morgan fingerprint density at radius 2 is 1.74 bits per heavy atom. The Kier molecular flexibility index (Phi) is 6.40. The summed E-state index contributed by atoms with van der Waals surface area (Å²) in [6, 6.07) is 7.61. The van der Waals surface area contributed by atoms with Gasteiger partial charge in [0, 0.05) is 51.3 Å². The van der Waals surface area contributed by atoms with Crippen molar-refractivity contribution < 1.29 is 23.9 Å². The Labute approximate surface area is 201 Å². The molecule has 2 aliphatic carbocycles. The van der Waals surface area contributed by atoms with Crippen LogP contribution in [-0.2, 0) is 24.5 Å². The quantitative estimate of drug-likeness (QED) is 0.433. The molecule has 1 aromatic carbocycles. The number of hydrogen-bond acceptors (Lipinski definition) is 5. The number of imide groups is 1. The third-order valence-electron chi connectivity index (χ3n) is 8.64. The van der Waals surface area contributed by atoms with Crippen molar-refractivity contribution in [3.63, 3.8) is 0 Å². The van der Waals surface area contributed by atoms with Gasteiger partial charge < -0.3 is 14.4 Å². The largest absolute Gasteiger partial charge is 0.496 e. The Morgan fingerprint density at radius 3 is 2.44 bits per heavy atom. The van der Waals surface area contributed by atoms with E-state index in [1.165, 1.54) is 24.2 Å². The SMILES string of the molecule is COCCCN1C(=O)C[C@](CC(=O)N2CC3C[C@H]4CC2C[C@H](C3)C4)(c2ccccc2OC)C1=O. The van der Waals surface area contributed by atoms with Gasteiger partial charge in [-0.15, -0.1) is 0 Å². The van der Waals surface area contributed by atoms with Crippen LogP contribution in [-0.4, -0.2) is 67.5 Å². The number of methoxy groups -OCH3 is 2. The van der Waals surface area contributed by atoms with Crippen LogP contribution < -0.4 is 4.74 Å². The van der Waals surface area contributed by atoms with E-state index in [1.54, 1.807) is 20.3 Å². The minimum atomic E-state index is -1.23. The maximum Gasteiger partial charge on any atom is 0.241 e. The third kappa shape index (κ3) is 4.02. The second kappa shape index (κ2) is 9.33. The third-order valence-corrected chi connectivity index (χ3v) is 8.64. The number of nitrogens with zero attached hydrogens (tertiary/aromatic N) is 2. The number of carbonyl (C=O) groups excluding carboxylic acids is 3. The van der Waals surface area contributed by atoms with Gasteiger partial charge >= 0.3 is 0 Å². The Bertz CT molecular complexity index is 950. The van der Waals surface area contributed by atoms with Gasteiger partial charge in [-0.25, -0.2) is 0 Å². The maximum absolute atomic E-state index is 14.0. The zero-order valence-electron chi connectivity index (χ0n) is 20.3. The Hall–Kier alpha value is -2.41. The summed E-state index contributed by atoms with van der Waals surface area (Å²) in [6.45, 7) is 1.56. The first kappa shape index (κ1) is 23.3. The number of amides is 3. The van der Waals surface area contributed by atoms with Crippen LogP contribution in [0, 0.1) is 17.8 Å². The van der Waals surface area contributed by atoms with Crippen molar-refractivity contribution in [2.45, 2.75) is 62.8 Å². The number of rotatable bonds is 8. The maximum atomic E-state index is 14.0. The highest BCUT2D eigenvalue weighted by atomic mass is 16.5. The molecule has 0 unspecified atom stereocenters. The molecular weight excluding hydrogens is 432 g/mol. The summed E-state index contributed by atoms with van der Waals surface area (Å²) in [4.78, 5) is 44.4. The average Bonchev–Trinajstić information content (AvgIpc) is 2.92. The molecule has 4 bridgehead atoms. The van der Waals surface area contributed by atoms with E-state index >= 15 is 0 Å². The lowest BCUT2D eigenvalue weighted by molar-refractivity contribution is -0.143. The number of benzene rings is 1. The summed E-state index contributed by atoms with van der Waals surface area (Å²) in [5.74, 6) is 2.07. The van der Waals surface area contributed by atoms with Gasteiger partial charge in [0.05, 0.1) is 12.5 Å². The number of ether oxygens (including phenoxy) is 2. The van der Waals surface area contributed by atoms with E-state index in [1.807, 2.05) is 18.2 Å². The molecule has 0 aromatic heterocycles. The van der Waals surface area contributed by atoms with Gasteiger partial charge in [0.1, 0.15) is 5.75 Å². The second-order valence-corrected chi connectivity index (χ2v) is 10.8. The minimum Gasteiger partial charge on any atom is -0.496 e. The van der Waals surface area contributed by atoms with Crippen molar-refractivity contribution in [3.05, 3.63) is 29.8 Å². The molecule has 0 radical (unpaired) electrons. The van der Waals surface area contributed by atoms with E-state index in [-0.39, 0.29) is 36.6 Å². The molecular formula is C27H36N2O5. The van der Waals surface area contributed by atoms with E-state index in [4.69, 9.17) is 9.47 Å². The van der Waals surface area contributed by atoms with Gasteiger partial charge in [-0.1, -0.05) is 18.2 Å². The molecule has 34 heavy (non-hydrogen) atoms. The van der Waals surface area contributed by atoms with Crippen LogP contribution in [0.5, 0.6) is 5.75 Å². The van der Waals surface area contributed by atoms with Crippen molar-refractivity contribution in [2.75, 3.05) is 33.9 Å². The standard InChI is InChI=1S/C27H36N2O5/c1-33-9-5-8-28-24(30)15-27(26(28)32,22-6-3-4-7-23(22)34-2)16-25(31)29-17-20-11-18-10-19(12-20)14-21(29)13-18/h3-4,6-7,18-21H,5,8-17H2,1-2H3/t18-,19-,20?,21?,27-/m0/s1. The minimum absolute atomic E-state index is 0.00187. The molecule has 0 N–H and O–H groups in total. The number of carbonyl (C=O) groups is 3. The summed E-state index contributed by atoms with van der Waals surface area (Å²) in [5.41, 5.74) is -0.587. The molecule has 3 saturated heterocycles. The molecule has 3 atom stereocenters. The fraction of sp³-hybridized carbons (Fsp3) is 0.667. The summed E-state index contributed by atoms with van der Waals surface area (Å²) >= 11 is 0. The summed E-state index contributed by atoms with van der Waals surface area (Å²) in [7, 11) is 3.17. The van der Waals surface area contributed by atoms with Crippen LogP contribution in [0.25, 0.3) is 0 Å². The van der Waals surface area contributed by atoms with Crippen LogP contribution in [0.15, 0.2) is 24.3 Å². The first-order valence-corrected chi connectivity index (χ1v) is 12.7. The van der Waals surface area contributed by atoms with Gasteiger partial charge in [0.2, 0.25) is 17.7 Å². The van der Waals surface area contributed by atoms with Gasteiger partial charge in [0.25, 0.3) is 0 Å². The Morgan fingerprint density at radius 1 is 1.03 bits per heavy atom. The van der Waals surface area contributed by atoms with Crippen LogP contribution in [0.2, 0.25) is 0 Å². The topological polar surface area (TPSA) is 76.2 Å². The van der Waals surface area contributed by atoms with Crippen molar-refractivity contribution in [1.29, 1.82) is 0 Å². The second-order valence-electron chi connectivity index (χ2n) is 10.8. The lowest BCUT2D eigenvalue weighted by atomic mass is 9.68. The average molecular weight is 469 g/mol.